The Labute approximate surface area is 320 Å². The Bertz CT molecular complexity index is 2510. The molecule has 17 heteroatoms. The van der Waals surface area contributed by atoms with Crippen molar-refractivity contribution in [3.8, 4) is 16.9 Å². The van der Waals surface area contributed by atoms with E-state index in [1.807, 2.05) is 6.07 Å². The minimum Gasteiger partial charge on any atom is -0.593 e. The summed E-state index contributed by atoms with van der Waals surface area (Å²) in [5.74, 6) is -2.91. The number of carbonyl (C=O) groups is 1. The zero-order chi connectivity index (χ0) is 39.0. The molecule has 3 aromatic heterocycles. The van der Waals surface area contributed by atoms with E-state index in [2.05, 4.69) is 25.4 Å². The topological polar surface area (TPSA) is 166 Å². The number of rotatable bonds is 12. The van der Waals surface area contributed by atoms with Crippen molar-refractivity contribution in [3.63, 3.8) is 0 Å². The van der Waals surface area contributed by atoms with E-state index in [1.54, 1.807) is 12.3 Å². The van der Waals surface area contributed by atoms with Gasteiger partial charge in [0.25, 0.3) is 5.56 Å². The van der Waals surface area contributed by atoms with Gasteiger partial charge in [-0.25, -0.2) is 23.1 Å². The zero-order valence-corrected chi connectivity index (χ0v) is 30.9. The second-order valence-corrected chi connectivity index (χ2v) is 14.5. The maximum absolute atomic E-state index is 14.9. The lowest BCUT2D eigenvalue weighted by atomic mass is 10.0. The summed E-state index contributed by atoms with van der Waals surface area (Å²) in [6.07, 6.45) is 4.80. The molecule has 2 atom stereocenters. The molecule has 3 heterocycles. The second-order valence-electron chi connectivity index (χ2n) is 13.0. The SMILES string of the molecule is CNc1c(-n2c(C(Cc3cc(F)cc(F)c3)NC(=O)Cn3ccc(C4CC4)n3)nc3nc(-c4ccccc4F)ccc3c2=O)ccc(Cl)c1C(=N)N[S+](C)[O-]. The van der Waals surface area contributed by atoms with Crippen molar-refractivity contribution in [2.45, 2.75) is 37.8 Å². The van der Waals surface area contributed by atoms with Crippen molar-refractivity contribution >= 4 is 51.4 Å². The van der Waals surface area contributed by atoms with Crippen LogP contribution in [0.15, 0.2) is 83.8 Å². The van der Waals surface area contributed by atoms with Crippen molar-refractivity contribution in [1.82, 2.24) is 34.4 Å². The quantitative estimate of drug-likeness (QED) is 0.0672. The number of hydrogen-bond acceptors (Lipinski definition) is 8. The van der Waals surface area contributed by atoms with Gasteiger partial charge in [0, 0.05) is 37.2 Å². The van der Waals surface area contributed by atoms with Crippen LogP contribution in [-0.4, -0.2) is 53.9 Å². The van der Waals surface area contributed by atoms with Crippen molar-refractivity contribution in [1.29, 1.82) is 5.41 Å². The zero-order valence-electron chi connectivity index (χ0n) is 29.4. The first-order valence-corrected chi connectivity index (χ1v) is 19.0. The van der Waals surface area contributed by atoms with E-state index in [9.17, 15) is 27.3 Å². The van der Waals surface area contributed by atoms with E-state index in [1.165, 1.54) is 65.0 Å². The van der Waals surface area contributed by atoms with Crippen LogP contribution in [0, 0.1) is 22.9 Å². The molecule has 1 aliphatic carbocycles. The maximum atomic E-state index is 14.9. The van der Waals surface area contributed by atoms with E-state index in [0.29, 0.717) is 12.0 Å². The summed E-state index contributed by atoms with van der Waals surface area (Å²) < 4.78 is 61.4. The Kier molecular flexibility index (Phi) is 10.6. The third kappa shape index (κ3) is 8.06. The highest BCUT2D eigenvalue weighted by molar-refractivity contribution is 7.89. The molecule has 1 aliphatic rings. The molecule has 0 aliphatic heterocycles. The molecule has 55 heavy (non-hydrogen) atoms. The van der Waals surface area contributed by atoms with Gasteiger partial charge < -0.3 is 15.2 Å². The Morgan fingerprint density at radius 2 is 1.80 bits per heavy atom. The monoisotopic (exact) mass is 787 g/mol. The van der Waals surface area contributed by atoms with Crippen LogP contribution in [0.2, 0.25) is 5.02 Å². The number of nitrogens with zero attached hydrogens (tertiary/aromatic N) is 5. The fraction of sp³-hybridized carbons (Fsp3) is 0.211. The predicted molar refractivity (Wildman–Crippen MR) is 204 cm³/mol. The van der Waals surface area contributed by atoms with Gasteiger partial charge >= 0.3 is 0 Å². The number of nitrogens with one attached hydrogen (secondary N) is 4. The van der Waals surface area contributed by atoms with E-state index >= 15 is 0 Å². The minimum atomic E-state index is -1.66. The molecule has 0 saturated heterocycles. The van der Waals surface area contributed by atoms with Crippen LogP contribution in [0.1, 0.15) is 47.4 Å². The van der Waals surface area contributed by atoms with Crippen molar-refractivity contribution in [3.05, 3.63) is 134 Å². The molecule has 1 amide bonds. The number of aromatic nitrogens is 5. The average molecular weight is 788 g/mol. The lowest BCUT2D eigenvalue weighted by Gasteiger charge is -2.25. The summed E-state index contributed by atoms with van der Waals surface area (Å²) in [7, 11) is 1.53. The van der Waals surface area contributed by atoms with Crippen molar-refractivity contribution in [2.24, 2.45) is 0 Å². The number of fused-ring (bicyclic) bond motifs is 1. The third-order valence-electron chi connectivity index (χ3n) is 9.00. The average Bonchev–Trinajstić information content (AvgIpc) is 3.88. The van der Waals surface area contributed by atoms with Gasteiger partial charge in [0.05, 0.1) is 56.1 Å². The number of pyridine rings is 1. The maximum Gasteiger partial charge on any atom is 0.267 e. The van der Waals surface area contributed by atoms with Gasteiger partial charge in [-0.2, -0.15) is 9.82 Å². The van der Waals surface area contributed by atoms with Gasteiger partial charge in [-0.05, 0) is 73.0 Å². The van der Waals surface area contributed by atoms with Gasteiger partial charge in [-0.1, -0.05) is 23.7 Å². The van der Waals surface area contributed by atoms with E-state index in [0.717, 1.165) is 30.7 Å². The fourth-order valence-electron chi connectivity index (χ4n) is 6.43. The fourth-order valence-corrected chi connectivity index (χ4v) is 7.08. The predicted octanol–water partition coefficient (Wildman–Crippen LogP) is 5.94. The number of amides is 1. The van der Waals surface area contributed by atoms with E-state index in [4.69, 9.17) is 22.0 Å². The van der Waals surface area contributed by atoms with Crippen LogP contribution >= 0.6 is 11.6 Å². The molecule has 282 valence electrons. The van der Waals surface area contributed by atoms with Gasteiger partial charge in [-0.3, -0.25) is 24.2 Å². The standard InChI is InChI=1S/C38H33ClF3N9O3S/c1-44-34-31(12-10-26(39)33(34)35(43)49-55(2)54)51-37(47-36-25(38(51)53)9-11-29(46-36)24-5-3-4-6-27(24)42)30(17-20-15-22(40)18-23(41)16-20)45-32(52)19-50-14-13-28(48-50)21-7-8-21/h3-6,9-16,18,21,30,44H,7-8,17,19H2,1-2H3,(H2,43,49)(H,45,52). The number of carbonyl (C=O) groups excluding carboxylic acids is 1. The lowest BCUT2D eigenvalue weighted by Crippen LogP contribution is -2.38. The minimum absolute atomic E-state index is 0.0104. The van der Waals surface area contributed by atoms with Crippen LogP contribution in [0.3, 0.4) is 0 Å². The van der Waals surface area contributed by atoms with Crippen LogP contribution in [0.25, 0.3) is 28.0 Å². The molecule has 6 aromatic rings. The number of hydrogen-bond donors (Lipinski definition) is 4. The lowest BCUT2D eigenvalue weighted by molar-refractivity contribution is -0.122. The summed E-state index contributed by atoms with van der Waals surface area (Å²) in [4.78, 5) is 38.0. The summed E-state index contributed by atoms with van der Waals surface area (Å²) in [5, 5.41) is 19.2. The first-order chi connectivity index (χ1) is 26.4. The van der Waals surface area contributed by atoms with Gasteiger partial charge in [-0.15, -0.1) is 0 Å². The summed E-state index contributed by atoms with van der Waals surface area (Å²) >= 11 is 4.92. The number of benzene rings is 3. The Balaban J connectivity index is 1.45. The first-order valence-electron chi connectivity index (χ1n) is 17.1. The van der Waals surface area contributed by atoms with Crippen molar-refractivity contribution < 1.29 is 22.5 Å². The van der Waals surface area contributed by atoms with Gasteiger partial charge in [0.15, 0.2) is 11.5 Å². The molecule has 4 N–H and O–H groups in total. The highest BCUT2D eigenvalue weighted by atomic mass is 35.5. The Morgan fingerprint density at radius 1 is 1.05 bits per heavy atom. The molecule has 0 bridgehead atoms. The number of amidine groups is 1. The molecule has 12 nitrogen and oxygen atoms in total. The van der Waals surface area contributed by atoms with E-state index in [-0.39, 0.29) is 74.4 Å². The molecule has 1 fully saturated rings. The van der Waals surface area contributed by atoms with Crippen LogP contribution < -0.4 is 20.9 Å². The first kappa shape index (κ1) is 37.6. The normalized spacial score (nSPS) is 13.7. The summed E-state index contributed by atoms with van der Waals surface area (Å²) in [6, 6.07) is 15.3. The van der Waals surface area contributed by atoms with Crippen LogP contribution in [-0.2, 0) is 29.1 Å². The molecule has 7 rings (SSSR count). The molecule has 1 saturated carbocycles. The second kappa shape index (κ2) is 15.6. The molecule has 0 radical (unpaired) electrons. The van der Waals surface area contributed by atoms with Gasteiger partial charge in [0.1, 0.15) is 36.1 Å². The molecule has 3 aromatic carbocycles. The number of anilines is 1. The van der Waals surface area contributed by atoms with Crippen LogP contribution in [0.4, 0.5) is 18.9 Å². The van der Waals surface area contributed by atoms with Gasteiger partial charge in [0.2, 0.25) is 5.91 Å². The highest BCUT2D eigenvalue weighted by Gasteiger charge is 2.29. The summed E-state index contributed by atoms with van der Waals surface area (Å²) in [6.45, 7) is -0.224. The number of halogens is 4. The smallest absolute Gasteiger partial charge is 0.267 e. The molecule has 2 unspecified atom stereocenters. The Hall–Kier alpha value is -5.71. The van der Waals surface area contributed by atoms with Crippen molar-refractivity contribution in [2.75, 3.05) is 18.6 Å². The molecule has 0 spiro atoms. The Morgan fingerprint density at radius 3 is 2.49 bits per heavy atom. The largest absolute Gasteiger partial charge is 0.593 e. The third-order valence-corrected chi connectivity index (χ3v) is 9.81. The summed E-state index contributed by atoms with van der Waals surface area (Å²) in [5.41, 5.74) is 0.897. The molecular weight excluding hydrogens is 755 g/mol. The van der Waals surface area contributed by atoms with E-state index < -0.39 is 46.3 Å². The highest BCUT2D eigenvalue weighted by Crippen LogP contribution is 2.39. The molecular formula is C38H33ClF3N9O3S. The van der Waals surface area contributed by atoms with Crippen LogP contribution in [0.5, 0.6) is 0 Å².